The molecule has 0 aromatic rings. The molecule has 14 heavy (non-hydrogen) atoms. The summed E-state index contributed by atoms with van der Waals surface area (Å²) in [6, 6.07) is 0.450. The molecule has 0 aromatic heterocycles. The number of aliphatic carboxylic acids is 1. The van der Waals surface area contributed by atoms with Gasteiger partial charge in [-0.25, -0.2) is 0 Å². The van der Waals surface area contributed by atoms with Crippen molar-refractivity contribution in [3.05, 3.63) is 0 Å². The lowest BCUT2D eigenvalue weighted by molar-refractivity contribution is -0.136. The van der Waals surface area contributed by atoms with E-state index in [1.54, 1.807) is 0 Å². The lowest BCUT2D eigenvalue weighted by atomic mass is 10.1. The van der Waals surface area contributed by atoms with Crippen LogP contribution in [0.4, 0.5) is 0 Å². The molecule has 0 aliphatic heterocycles. The summed E-state index contributed by atoms with van der Waals surface area (Å²) in [7, 11) is 0. The summed E-state index contributed by atoms with van der Waals surface area (Å²) in [5.41, 5.74) is 0. The molecule has 3 nitrogen and oxygen atoms in total. The number of carboxylic acids is 1. The Hall–Kier alpha value is -0.280. The first-order chi connectivity index (χ1) is 6.16. The van der Waals surface area contributed by atoms with Crippen LogP contribution in [0, 0.1) is 0 Å². The van der Waals surface area contributed by atoms with Crippen LogP contribution in [0.2, 0.25) is 0 Å². The Bertz CT molecular complexity index is 142. The highest BCUT2D eigenvalue weighted by molar-refractivity contribution is 5.85. The van der Waals surface area contributed by atoms with Crippen LogP contribution in [0.15, 0.2) is 0 Å². The van der Waals surface area contributed by atoms with Crippen LogP contribution in [0.1, 0.15) is 46.0 Å². The van der Waals surface area contributed by atoms with E-state index in [2.05, 4.69) is 19.2 Å². The van der Waals surface area contributed by atoms with Crippen LogP contribution >= 0.6 is 12.4 Å². The van der Waals surface area contributed by atoms with Crippen LogP contribution in [0.25, 0.3) is 0 Å². The predicted molar refractivity (Wildman–Crippen MR) is 61.1 cm³/mol. The Morgan fingerprint density at radius 2 is 2.07 bits per heavy atom. The number of carbonyl (C=O) groups is 1. The Kier molecular flexibility index (Phi) is 12.5. The van der Waals surface area contributed by atoms with E-state index in [4.69, 9.17) is 5.11 Å². The minimum atomic E-state index is -0.728. The van der Waals surface area contributed by atoms with Gasteiger partial charge >= 0.3 is 5.97 Å². The van der Waals surface area contributed by atoms with E-state index < -0.39 is 5.97 Å². The predicted octanol–water partition coefficient (Wildman–Crippen LogP) is 2.44. The molecular weight excluding hydrogens is 202 g/mol. The maximum atomic E-state index is 10.2. The van der Waals surface area contributed by atoms with Gasteiger partial charge in [-0.1, -0.05) is 26.2 Å². The van der Waals surface area contributed by atoms with Crippen molar-refractivity contribution in [2.75, 3.05) is 6.54 Å². The van der Waals surface area contributed by atoms with Crippen LogP contribution in [0.3, 0.4) is 0 Å². The molecule has 0 saturated carbocycles. The van der Waals surface area contributed by atoms with Crippen molar-refractivity contribution < 1.29 is 9.90 Å². The molecule has 0 aliphatic carbocycles. The van der Waals surface area contributed by atoms with Gasteiger partial charge in [0.2, 0.25) is 0 Å². The lowest BCUT2D eigenvalue weighted by Gasteiger charge is -2.12. The second-order valence-electron chi connectivity index (χ2n) is 3.49. The zero-order valence-corrected chi connectivity index (χ0v) is 9.90. The topological polar surface area (TPSA) is 49.3 Å². The van der Waals surface area contributed by atoms with Crippen molar-refractivity contribution in [2.45, 2.75) is 52.0 Å². The molecule has 0 fully saturated rings. The van der Waals surface area contributed by atoms with Gasteiger partial charge in [0.1, 0.15) is 0 Å². The number of carboxylic acid groups (broad SMARTS) is 1. The van der Waals surface area contributed by atoms with Gasteiger partial charge < -0.3 is 10.4 Å². The average Bonchev–Trinajstić information content (AvgIpc) is 2.04. The minimum Gasteiger partial charge on any atom is -0.481 e. The smallest absolute Gasteiger partial charge is 0.304 e. The molecule has 86 valence electrons. The highest BCUT2D eigenvalue weighted by Gasteiger charge is 2.01. The molecule has 0 rings (SSSR count). The third kappa shape index (κ3) is 11.7. The highest BCUT2D eigenvalue weighted by atomic mass is 35.5. The van der Waals surface area contributed by atoms with Gasteiger partial charge in [-0.15, -0.1) is 12.4 Å². The Morgan fingerprint density at radius 1 is 1.43 bits per heavy atom. The Balaban J connectivity index is 0. The summed E-state index contributed by atoms with van der Waals surface area (Å²) in [5, 5.41) is 11.6. The van der Waals surface area contributed by atoms with E-state index in [1.165, 1.54) is 19.3 Å². The first-order valence-corrected chi connectivity index (χ1v) is 5.12. The van der Waals surface area contributed by atoms with Crippen molar-refractivity contribution in [3.63, 3.8) is 0 Å². The molecule has 0 unspecified atom stereocenters. The van der Waals surface area contributed by atoms with Crippen LogP contribution in [-0.4, -0.2) is 23.7 Å². The average molecular weight is 224 g/mol. The molecule has 0 radical (unpaired) electrons. The van der Waals surface area contributed by atoms with Gasteiger partial charge in [0.05, 0.1) is 6.42 Å². The summed E-state index contributed by atoms with van der Waals surface area (Å²) < 4.78 is 0. The molecule has 0 aromatic carbocycles. The SMILES string of the molecule is CCCCC[C@H](C)NCCC(=O)O.Cl. The fraction of sp³-hybridized carbons (Fsp3) is 0.900. The number of rotatable bonds is 8. The normalized spacial score (nSPS) is 11.9. The van der Waals surface area contributed by atoms with E-state index in [9.17, 15) is 4.79 Å². The molecule has 2 N–H and O–H groups in total. The second kappa shape index (κ2) is 10.8. The molecule has 0 aliphatic rings. The van der Waals surface area contributed by atoms with E-state index in [0.717, 1.165) is 6.42 Å². The number of halogens is 1. The van der Waals surface area contributed by atoms with Gasteiger partial charge in [-0.05, 0) is 13.3 Å². The first kappa shape index (κ1) is 16.2. The Labute approximate surface area is 92.7 Å². The number of nitrogens with one attached hydrogen (secondary N) is 1. The van der Waals surface area contributed by atoms with Crippen LogP contribution in [-0.2, 0) is 4.79 Å². The fourth-order valence-electron chi connectivity index (χ4n) is 1.23. The number of hydrogen-bond acceptors (Lipinski definition) is 2. The zero-order valence-electron chi connectivity index (χ0n) is 9.08. The second-order valence-corrected chi connectivity index (χ2v) is 3.49. The van der Waals surface area contributed by atoms with Crippen molar-refractivity contribution in [1.29, 1.82) is 0 Å². The Morgan fingerprint density at radius 3 is 2.57 bits per heavy atom. The van der Waals surface area contributed by atoms with Crippen LogP contribution < -0.4 is 5.32 Å². The van der Waals surface area contributed by atoms with Gasteiger partial charge in [0.15, 0.2) is 0 Å². The highest BCUT2D eigenvalue weighted by Crippen LogP contribution is 2.02. The summed E-state index contributed by atoms with van der Waals surface area (Å²) in [5.74, 6) is -0.728. The summed E-state index contributed by atoms with van der Waals surface area (Å²) in [6.07, 6.45) is 5.11. The van der Waals surface area contributed by atoms with Gasteiger partial charge in [-0.2, -0.15) is 0 Å². The molecule has 0 saturated heterocycles. The first-order valence-electron chi connectivity index (χ1n) is 5.12. The molecule has 0 bridgehead atoms. The summed E-state index contributed by atoms with van der Waals surface area (Å²) in [4.78, 5) is 10.2. The standard InChI is InChI=1S/C10H21NO2.ClH/c1-3-4-5-6-9(2)11-8-7-10(12)13;/h9,11H,3-8H2,1-2H3,(H,12,13);1H/t9-;/m0./s1. The summed E-state index contributed by atoms with van der Waals surface area (Å²) in [6.45, 7) is 4.88. The lowest BCUT2D eigenvalue weighted by Crippen LogP contribution is -2.28. The zero-order chi connectivity index (χ0) is 10.1. The molecule has 1 atom stereocenters. The van der Waals surface area contributed by atoms with Crippen molar-refractivity contribution >= 4 is 18.4 Å². The molecule has 0 spiro atoms. The molecular formula is C10H22ClNO2. The van der Waals surface area contributed by atoms with Crippen molar-refractivity contribution in [2.24, 2.45) is 0 Å². The van der Waals surface area contributed by atoms with Crippen LogP contribution in [0.5, 0.6) is 0 Å². The largest absolute Gasteiger partial charge is 0.481 e. The molecule has 0 heterocycles. The number of hydrogen-bond donors (Lipinski definition) is 2. The van der Waals surface area contributed by atoms with Crippen molar-refractivity contribution in [3.8, 4) is 0 Å². The molecule has 0 amide bonds. The third-order valence-electron chi connectivity index (χ3n) is 2.07. The minimum absolute atomic E-state index is 0. The van der Waals surface area contributed by atoms with E-state index in [-0.39, 0.29) is 18.8 Å². The van der Waals surface area contributed by atoms with Gasteiger partial charge in [0, 0.05) is 12.6 Å². The van der Waals surface area contributed by atoms with E-state index in [0.29, 0.717) is 12.6 Å². The third-order valence-corrected chi connectivity index (χ3v) is 2.07. The summed E-state index contributed by atoms with van der Waals surface area (Å²) >= 11 is 0. The maximum absolute atomic E-state index is 10.2. The van der Waals surface area contributed by atoms with Gasteiger partial charge in [0.25, 0.3) is 0 Å². The van der Waals surface area contributed by atoms with Gasteiger partial charge in [-0.3, -0.25) is 4.79 Å². The fourth-order valence-corrected chi connectivity index (χ4v) is 1.23. The van der Waals surface area contributed by atoms with Crippen molar-refractivity contribution in [1.82, 2.24) is 5.32 Å². The molecule has 4 heteroatoms. The monoisotopic (exact) mass is 223 g/mol. The maximum Gasteiger partial charge on any atom is 0.304 e. The quantitative estimate of drug-likeness (QED) is 0.622. The van der Waals surface area contributed by atoms with E-state index in [1.807, 2.05) is 0 Å². The number of unbranched alkanes of at least 4 members (excludes halogenated alkanes) is 2. The van der Waals surface area contributed by atoms with E-state index >= 15 is 0 Å².